The van der Waals surface area contributed by atoms with Gasteiger partial charge in [0.15, 0.2) is 0 Å². The number of carboxylic acids is 1. The second kappa shape index (κ2) is 4.93. The van der Waals surface area contributed by atoms with Crippen LogP contribution in [0.5, 0.6) is 0 Å². The molecule has 1 aromatic heterocycles. The van der Waals surface area contributed by atoms with E-state index in [1.165, 1.54) is 29.5 Å². The maximum atomic E-state index is 13.0. The molecule has 0 saturated carbocycles. The molecule has 0 saturated heterocycles. The Balaban J connectivity index is 2.44. The van der Waals surface area contributed by atoms with Gasteiger partial charge in [0.1, 0.15) is 5.82 Å². The standard InChI is InChI=1S/C13H9FO2S/c14-10-4-1-3-9(7-10)8-11(13(15)16)12-5-2-6-17-12/h1-8H,(H,15,16)/b11-8-. The van der Waals surface area contributed by atoms with E-state index < -0.39 is 5.97 Å². The zero-order chi connectivity index (χ0) is 12.3. The lowest BCUT2D eigenvalue weighted by atomic mass is 10.1. The molecule has 0 aliphatic rings. The first-order valence-electron chi connectivity index (χ1n) is 4.91. The highest BCUT2D eigenvalue weighted by molar-refractivity contribution is 7.11. The van der Waals surface area contributed by atoms with Gasteiger partial charge in [-0.15, -0.1) is 11.3 Å². The second-order valence-electron chi connectivity index (χ2n) is 3.40. The fraction of sp³-hybridized carbons (Fsp3) is 0. The molecule has 2 aromatic rings. The molecule has 4 heteroatoms. The molecule has 86 valence electrons. The van der Waals surface area contributed by atoms with Gasteiger partial charge in [-0.25, -0.2) is 9.18 Å². The Morgan fingerprint density at radius 2 is 2.12 bits per heavy atom. The summed E-state index contributed by atoms with van der Waals surface area (Å²) in [5, 5.41) is 10.9. The van der Waals surface area contributed by atoms with E-state index in [1.807, 2.05) is 0 Å². The molecule has 0 spiro atoms. The minimum atomic E-state index is -1.02. The first-order valence-corrected chi connectivity index (χ1v) is 5.79. The summed E-state index contributed by atoms with van der Waals surface area (Å²) in [6.07, 6.45) is 1.47. The number of hydrogen-bond donors (Lipinski definition) is 1. The van der Waals surface area contributed by atoms with Gasteiger partial charge in [-0.05, 0) is 35.2 Å². The molecule has 0 atom stereocenters. The van der Waals surface area contributed by atoms with E-state index >= 15 is 0 Å². The number of benzene rings is 1. The lowest BCUT2D eigenvalue weighted by Gasteiger charge is -1.99. The number of rotatable bonds is 3. The molecular weight excluding hydrogens is 239 g/mol. The van der Waals surface area contributed by atoms with Crippen molar-refractivity contribution in [2.45, 2.75) is 0 Å². The minimum absolute atomic E-state index is 0.172. The molecule has 0 fully saturated rings. The van der Waals surface area contributed by atoms with Crippen molar-refractivity contribution in [2.24, 2.45) is 0 Å². The van der Waals surface area contributed by atoms with Crippen LogP contribution >= 0.6 is 11.3 Å². The van der Waals surface area contributed by atoms with Crippen LogP contribution in [0.2, 0.25) is 0 Å². The van der Waals surface area contributed by atoms with Gasteiger partial charge < -0.3 is 5.11 Å². The Morgan fingerprint density at radius 3 is 2.71 bits per heavy atom. The third-order valence-corrected chi connectivity index (χ3v) is 3.08. The van der Waals surface area contributed by atoms with Gasteiger partial charge >= 0.3 is 5.97 Å². The van der Waals surface area contributed by atoms with Gasteiger partial charge in [-0.3, -0.25) is 0 Å². The quantitative estimate of drug-likeness (QED) is 0.844. The van der Waals surface area contributed by atoms with Crippen LogP contribution in [0.25, 0.3) is 11.6 Å². The number of halogens is 1. The Kier molecular flexibility index (Phi) is 3.35. The van der Waals surface area contributed by atoms with Crippen LogP contribution in [-0.4, -0.2) is 11.1 Å². The van der Waals surface area contributed by atoms with Gasteiger partial charge in [0.2, 0.25) is 0 Å². The van der Waals surface area contributed by atoms with Crippen LogP contribution in [0, 0.1) is 5.82 Å². The van der Waals surface area contributed by atoms with Crippen molar-refractivity contribution < 1.29 is 14.3 Å². The number of hydrogen-bond acceptors (Lipinski definition) is 2. The van der Waals surface area contributed by atoms with Gasteiger partial charge in [-0.1, -0.05) is 18.2 Å². The first kappa shape index (κ1) is 11.5. The number of carboxylic acid groups (broad SMARTS) is 1. The van der Waals surface area contributed by atoms with Crippen LogP contribution in [0.4, 0.5) is 4.39 Å². The molecule has 1 N–H and O–H groups in total. The zero-order valence-corrected chi connectivity index (χ0v) is 9.58. The van der Waals surface area contributed by atoms with E-state index in [9.17, 15) is 9.18 Å². The molecule has 17 heavy (non-hydrogen) atoms. The Labute approximate surface area is 102 Å². The summed E-state index contributed by atoms with van der Waals surface area (Å²) < 4.78 is 13.0. The summed E-state index contributed by atoms with van der Waals surface area (Å²) in [5.41, 5.74) is 0.710. The predicted molar refractivity (Wildman–Crippen MR) is 66.2 cm³/mol. The molecular formula is C13H9FO2S. The Hall–Kier alpha value is -1.94. The number of aliphatic carboxylic acids is 1. The Bertz CT molecular complexity index is 559. The van der Waals surface area contributed by atoms with Crippen molar-refractivity contribution in [3.63, 3.8) is 0 Å². The summed E-state index contributed by atoms with van der Waals surface area (Å²) >= 11 is 1.34. The van der Waals surface area contributed by atoms with Crippen molar-refractivity contribution in [2.75, 3.05) is 0 Å². The lowest BCUT2D eigenvalue weighted by molar-refractivity contribution is -0.130. The van der Waals surface area contributed by atoms with E-state index in [0.29, 0.717) is 10.4 Å². The average molecular weight is 248 g/mol. The van der Waals surface area contributed by atoms with Crippen LogP contribution in [0.1, 0.15) is 10.4 Å². The summed E-state index contributed by atoms with van der Waals surface area (Å²) in [4.78, 5) is 11.8. The SMILES string of the molecule is O=C(O)/C(=C\c1cccc(F)c1)c1cccs1. The monoisotopic (exact) mass is 248 g/mol. The molecule has 2 nitrogen and oxygen atoms in total. The molecule has 0 aliphatic carbocycles. The number of thiophene rings is 1. The van der Waals surface area contributed by atoms with E-state index in [4.69, 9.17) is 5.11 Å². The van der Waals surface area contributed by atoms with E-state index in [1.54, 1.807) is 29.6 Å². The normalized spacial score (nSPS) is 11.5. The molecule has 0 bridgehead atoms. The van der Waals surface area contributed by atoms with Crippen molar-refractivity contribution >= 4 is 29.0 Å². The third-order valence-electron chi connectivity index (χ3n) is 2.18. The summed E-state index contributed by atoms with van der Waals surface area (Å²) in [5.74, 6) is -1.40. The van der Waals surface area contributed by atoms with Crippen LogP contribution in [0.3, 0.4) is 0 Å². The van der Waals surface area contributed by atoms with Crippen LogP contribution in [-0.2, 0) is 4.79 Å². The van der Waals surface area contributed by atoms with Gasteiger partial charge in [0, 0.05) is 4.88 Å². The van der Waals surface area contributed by atoms with Crippen LogP contribution < -0.4 is 0 Å². The summed E-state index contributed by atoms with van der Waals surface area (Å²) in [6, 6.07) is 9.35. The topological polar surface area (TPSA) is 37.3 Å². The maximum absolute atomic E-state index is 13.0. The average Bonchev–Trinajstić information content (AvgIpc) is 2.78. The van der Waals surface area contributed by atoms with Crippen LogP contribution in [0.15, 0.2) is 41.8 Å². The fourth-order valence-corrected chi connectivity index (χ4v) is 2.17. The first-order chi connectivity index (χ1) is 8.16. The smallest absolute Gasteiger partial charge is 0.337 e. The van der Waals surface area contributed by atoms with Gasteiger partial charge in [0.05, 0.1) is 5.57 Å². The van der Waals surface area contributed by atoms with Crippen molar-refractivity contribution in [1.82, 2.24) is 0 Å². The maximum Gasteiger partial charge on any atom is 0.337 e. The van der Waals surface area contributed by atoms with Gasteiger partial charge in [0.25, 0.3) is 0 Å². The molecule has 0 aliphatic heterocycles. The van der Waals surface area contributed by atoms with Crippen molar-refractivity contribution in [3.8, 4) is 0 Å². The number of carbonyl (C=O) groups is 1. The fourth-order valence-electron chi connectivity index (χ4n) is 1.43. The molecule has 0 amide bonds. The highest BCUT2D eigenvalue weighted by Gasteiger charge is 2.11. The lowest BCUT2D eigenvalue weighted by Crippen LogP contribution is -1.97. The molecule has 2 rings (SSSR count). The van der Waals surface area contributed by atoms with E-state index in [-0.39, 0.29) is 11.4 Å². The third kappa shape index (κ3) is 2.79. The second-order valence-corrected chi connectivity index (χ2v) is 4.34. The highest BCUT2D eigenvalue weighted by Crippen LogP contribution is 2.23. The molecule has 0 radical (unpaired) electrons. The molecule has 1 heterocycles. The predicted octanol–water partition coefficient (Wildman–Crippen LogP) is 3.51. The summed E-state index contributed by atoms with van der Waals surface area (Å²) in [7, 11) is 0. The van der Waals surface area contributed by atoms with E-state index in [0.717, 1.165) is 0 Å². The van der Waals surface area contributed by atoms with Crippen molar-refractivity contribution in [3.05, 3.63) is 58.0 Å². The minimum Gasteiger partial charge on any atom is -0.478 e. The Morgan fingerprint density at radius 1 is 1.29 bits per heavy atom. The van der Waals surface area contributed by atoms with Gasteiger partial charge in [-0.2, -0.15) is 0 Å². The summed E-state index contributed by atoms with van der Waals surface area (Å²) in [6.45, 7) is 0. The van der Waals surface area contributed by atoms with E-state index in [2.05, 4.69) is 0 Å². The molecule has 1 aromatic carbocycles. The largest absolute Gasteiger partial charge is 0.478 e. The zero-order valence-electron chi connectivity index (χ0n) is 8.76. The molecule has 0 unspecified atom stereocenters. The van der Waals surface area contributed by atoms with Crippen molar-refractivity contribution in [1.29, 1.82) is 0 Å². The highest BCUT2D eigenvalue weighted by atomic mass is 32.1.